The van der Waals surface area contributed by atoms with Crippen LogP contribution in [0.15, 0.2) is 53.5 Å². The predicted molar refractivity (Wildman–Crippen MR) is 93.4 cm³/mol. The van der Waals surface area contributed by atoms with E-state index in [1.165, 1.54) is 0 Å². The Labute approximate surface area is 133 Å². The molecule has 0 saturated carbocycles. The quantitative estimate of drug-likeness (QED) is 0.542. The Hall–Kier alpha value is -2.95. The van der Waals surface area contributed by atoms with Crippen LogP contribution in [0.3, 0.4) is 0 Å². The Morgan fingerprint density at radius 1 is 0.957 bits per heavy atom. The SMILES string of the molecule is CCn1c(/N=C/c2nc3ccccc3n2C)nc2ccccc21. The van der Waals surface area contributed by atoms with E-state index in [2.05, 4.69) is 38.6 Å². The van der Waals surface area contributed by atoms with Crippen molar-refractivity contribution in [3.8, 4) is 0 Å². The molecule has 0 bridgehead atoms. The highest BCUT2D eigenvalue weighted by atomic mass is 15.2. The molecule has 4 aromatic rings. The number of aliphatic imine (C=N–C) groups is 1. The third kappa shape index (κ3) is 2.21. The monoisotopic (exact) mass is 303 g/mol. The minimum atomic E-state index is 0.709. The van der Waals surface area contributed by atoms with Crippen LogP contribution < -0.4 is 0 Å². The van der Waals surface area contributed by atoms with E-state index in [4.69, 9.17) is 0 Å². The predicted octanol–water partition coefficient (Wildman–Crippen LogP) is 3.69. The number of aryl methyl sites for hydroxylation is 2. The second-order valence-electron chi connectivity index (χ2n) is 5.42. The van der Waals surface area contributed by atoms with E-state index < -0.39 is 0 Å². The number of hydrogen-bond donors (Lipinski definition) is 0. The van der Waals surface area contributed by atoms with Gasteiger partial charge in [-0.15, -0.1) is 0 Å². The van der Waals surface area contributed by atoms with Crippen molar-refractivity contribution in [3.05, 3.63) is 54.4 Å². The molecular weight excluding hydrogens is 286 g/mol. The second kappa shape index (κ2) is 5.35. The largest absolute Gasteiger partial charge is 0.326 e. The first-order chi connectivity index (χ1) is 11.3. The van der Waals surface area contributed by atoms with Gasteiger partial charge in [0.05, 0.1) is 28.3 Å². The summed E-state index contributed by atoms with van der Waals surface area (Å²) in [6.07, 6.45) is 1.79. The number of para-hydroxylation sites is 4. The van der Waals surface area contributed by atoms with Crippen LogP contribution in [0.2, 0.25) is 0 Å². The lowest BCUT2D eigenvalue weighted by atomic mass is 10.3. The molecule has 2 aromatic heterocycles. The molecule has 0 saturated heterocycles. The van der Waals surface area contributed by atoms with Gasteiger partial charge >= 0.3 is 0 Å². The molecule has 0 N–H and O–H groups in total. The van der Waals surface area contributed by atoms with Gasteiger partial charge in [-0.1, -0.05) is 24.3 Å². The maximum atomic E-state index is 4.61. The maximum Gasteiger partial charge on any atom is 0.230 e. The van der Waals surface area contributed by atoms with Gasteiger partial charge in [0.1, 0.15) is 0 Å². The zero-order valence-electron chi connectivity index (χ0n) is 13.1. The van der Waals surface area contributed by atoms with Crippen molar-refractivity contribution >= 4 is 34.2 Å². The maximum absolute atomic E-state index is 4.61. The summed E-state index contributed by atoms with van der Waals surface area (Å²) < 4.78 is 4.15. The molecular formula is C18H17N5. The third-order valence-electron chi connectivity index (χ3n) is 4.07. The van der Waals surface area contributed by atoms with Gasteiger partial charge in [-0.05, 0) is 31.2 Å². The normalized spacial score (nSPS) is 11.9. The Morgan fingerprint density at radius 2 is 1.61 bits per heavy atom. The minimum absolute atomic E-state index is 0.709. The summed E-state index contributed by atoms with van der Waals surface area (Å²) in [6.45, 7) is 2.93. The van der Waals surface area contributed by atoms with Crippen LogP contribution in [0.5, 0.6) is 0 Å². The molecule has 0 aliphatic heterocycles. The van der Waals surface area contributed by atoms with E-state index in [9.17, 15) is 0 Å². The average Bonchev–Trinajstić information content (AvgIpc) is 3.10. The molecule has 2 aromatic carbocycles. The van der Waals surface area contributed by atoms with Crippen LogP contribution >= 0.6 is 0 Å². The molecule has 5 heteroatoms. The Kier molecular flexibility index (Phi) is 3.19. The minimum Gasteiger partial charge on any atom is -0.326 e. The Morgan fingerprint density at radius 3 is 2.30 bits per heavy atom. The molecule has 4 rings (SSSR count). The fourth-order valence-electron chi connectivity index (χ4n) is 2.87. The number of hydrogen-bond acceptors (Lipinski definition) is 3. The molecule has 0 atom stereocenters. The molecule has 0 fully saturated rings. The van der Waals surface area contributed by atoms with E-state index in [1.807, 2.05) is 48.0 Å². The molecule has 23 heavy (non-hydrogen) atoms. The summed E-state index contributed by atoms with van der Waals surface area (Å²) in [5.41, 5.74) is 4.14. The summed E-state index contributed by atoms with van der Waals surface area (Å²) in [5.74, 6) is 1.53. The first-order valence-electron chi connectivity index (χ1n) is 7.68. The Bertz CT molecular complexity index is 1020. The molecule has 0 unspecified atom stereocenters. The molecule has 114 valence electrons. The highest BCUT2D eigenvalue weighted by Gasteiger charge is 2.08. The number of aromatic nitrogens is 4. The lowest BCUT2D eigenvalue weighted by Gasteiger charge is -2.01. The molecule has 0 radical (unpaired) electrons. The lowest BCUT2D eigenvalue weighted by molar-refractivity contribution is 0.790. The van der Waals surface area contributed by atoms with Gasteiger partial charge in [-0.25, -0.2) is 15.0 Å². The summed E-state index contributed by atoms with van der Waals surface area (Å²) in [6, 6.07) is 16.2. The highest BCUT2D eigenvalue weighted by molar-refractivity contribution is 5.86. The van der Waals surface area contributed by atoms with E-state index in [0.717, 1.165) is 34.4 Å². The number of imidazole rings is 2. The van der Waals surface area contributed by atoms with Crippen LogP contribution in [0.25, 0.3) is 22.1 Å². The summed E-state index contributed by atoms with van der Waals surface area (Å²) in [7, 11) is 2.00. The fraction of sp³-hybridized carbons (Fsp3) is 0.167. The number of fused-ring (bicyclic) bond motifs is 2. The summed E-state index contributed by atoms with van der Waals surface area (Å²) in [4.78, 5) is 13.8. The third-order valence-corrected chi connectivity index (χ3v) is 4.07. The van der Waals surface area contributed by atoms with Crippen molar-refractivity contribution in [3.63, 3.8) is 0 Å². The molecule has 0 spiro atoms. The van der Waals surface area contributed by atoms with Crippen molar-refractivity contribution in [2.75, 3.05) is 0 Å². The fourth-order valence-corrected chi connectivity index (χ4v) is 2.87. The van der Waals surface area contributed by atoms with Gasteiger partial charge < -0.3 is 9.13 Å². The van der Waals surface area contributed by atoms with Crippen molar-refractivity contribution < 1.29 is 0 Å². The van der Waals surface area contributed by atoms with Crippen molar-refractivity contribution in [1.29, 1.82) is 0 Å². The summed E-state index contributed by atoms with van der Waals surface area (Å²) in [5, 5.41) is 0. The zero-order chi connectivity index (χ0) is 15.8. The molecule has 5 nitrogen and oxygen atoms in total. The van der Waals surface area contributed by atoms with Crippen LogP contribution in [-0.4, -0.2) is 25.3 Å². The first-order valence-corrected chi connectivity index (χ1v) is 7.68. The first kappa shape index (κ1) is 13.7. The second-order valence-corrected chi connectivity index (χ2v) is 5.42. The van der Waals surface area contributed by atoms with Crippen molar-refractivity contribution in [1.82, 2.24) is 19.1 Å². The van der Waals surface area contributed by atoms with Gasteiger partial charge in [-0.2, -0.15) is 0 Å². The Balaban J connectivity index is 1.80. The highest BCUT2D eigenvalue weighted by Crippen LogP contribution is 2.21. The van der Waals surface area contributed by atoms with Gasteiger partial charge in [0, 0.05) is 13.6 Å². The molecule has 0 aliphatic rings. The van der Waals surface area contributed by atoms with E-state index in [-0.39, 0.29) is 0 Å². The van der Waals surface area contributed by atoms with Crippen molar-refractivity contribution in [2.24, 2.45) is 12.0 Å². The smallest absolute Gasteiger partial charge is 0.230 e. The average molecular weight is 303 g/mol. The molecule has 2 heterocycles. The lowest BCUT2D eigenvalue weighted by Crippen LogP contribution is -1.97. The van der Waals surface area contributed by atoms with Crippen LogP contribution in [0.1, 0.15) is 12.7 Å². The molecule has 0 amide bonds. The van der Waals surface area contributed by atoms with Gasteiger partial charge in [0.25, 0.3) is 0 Å². The number of rotatable bonds is 3. The topological polar surface area (TPSA) is 48.0 Å². The number of benzene rings is 2. The van der Waals surface area contributed by atoms with Crippen LogP contribution in [0, 0.1) is 0 Å². The number of nitrogens with zero attached hydrogens (tertiary/aromatic N) is 5. The van der Waals surface area contributed by atoms with Crippen LogP contribution in [0.4, 0.5) is 5.95 Å². The van der Waals surface area contributed by atoms with E-state index in [1.54, 1.807) is 6.21 Å². The summed E-state index contributed by atoms with van der Waals surface area (Å²) >= 11 is 0. The molecule has 0 aliphatic carbocycles. The van der Waals surface area contributed by atoms with Crippen molar-refractivity contribution in [2.45, 2.75) is 13.5 Å². The standard InChI is InChI=1S/C18H17N5/c1-3-23-16-11-7-5-9-14(16)21-18(23)19-12-17-20-13-8-4-6-10-15(13)22(17)2/h4-12H,3H2,1-2H3/b19-12+. The van der Waals surface area contributed by atoms with E-state index in [0.29, 0.717) is 5.95 Å². The van der Waals surface area contributed by atoms with Gasteiger partial charge in [0.2, 0.25) is 5.95 Å². The van der Waals surface area contributed by atoms with Gasteiger partial charge in [-0.3, -0.25) is 0 Å². The zero-order valence-corrected chi connectivity index (χ0v) is 13.1. The van der Waals surface area contributed by atoms with Crippen LogP contribution in [-0.2, 0) is 13.6 Å². The van der Waals surface area contributed by atoms with Gasteiger partial charge in [0.15, 0.2) is 5.82 Å². The van der Waals surface area contributed by atoms with E-state index >= 15 is 0 Å².